The summed E-state index contributed by atoms with van der Waals surface area (Å²) < 4.78 is 63.7. The summed E-state index contributed by atoms with van der Waals surface area (Å²) in [5.41, 5.74) is -0.875. The lowest BCUT2D eigenvalue weighted by atomic mass is 10.3. The highest BCUT2D eigenvalue weighted by atomic mass is 19.4. The topological polar surface area (TPSA) is 4.93 Å². The molecule has 0 amide bonds. The molecule has 90 valence electrons. The standard InChI is InChI=1S/C11H6F5N/c12-8-3-9(13)5-10(4-8)17-2-1-7(6-17)11(14,15)16/h1-6H. The number of alkyl halides is 3. The Labute approximate surface area is 93.1 Å². The van der Waals surface area contributed by atoms with Crippen LogP contribution in [-0.2, 0) is 6.18 Å². The van der Waals surface area contributed by atoms with Gasteiger partial charge >= 0.3 is 6.18 Å². The summed E-state index contributed by atoms with van der Waals surface area (Å²) in [5, 5.41) is 0. The molecule has 17 heavy (non-hydrogen) atoms. The minimum atomic E-state index is -4.48. The second-order valence-electron chi connectivity index (χ2n) is 3.43. The van der Waals surface area contributed by atoms with Crippen LogP contribution in [-0.4, -0.2) is 4.57 Å². The smallest absolute Gasteiger partial charge is 0.323 e. The van der Waals surface area contributed by atoms with Crippen LogP contribution in [0.1, 0.15) is 5.56 Å². The van der Waals surface area contributed by atoms with Crippen molar-refractivity contribution < 1.29 is 22.0 Å². The molecule has 0 bridgehead atoms. The molecule has 0 saturated carbocycles. The Hall–Kier alpha value is -1.85. The Morgan fingerprint density at radius 1 is 0.941 bits per heavy atom. The lowest BCUT2D eigenvalue weighted by Gasteiger charge is -2.04. The molecule has 6 heteroatoms. The van der Waals surface area contributed by atoms with Crippen LogP contribution >= 0.6 is 0 Å². The number of benzene rings is 1. The van der Waals surface area contributed by atoms with Crippen LogP contribution in [0.25, 0.3) is 5.69 Å². The molecule has 1 aromatic heterocycles. The zero-order chi connectivity index (χ0) is 12.6. The zero-order valence-corrected chi connectivity index (χ0v) is 8.30. The second kappa shape index (κ2) is 3.87. The van der Waals surface area contributed by atoms with Gasteiger partial charge < -0.3 is 4.57 Å². The lowest BCUT2D eigenvalue weighted by molar-refractivity contribution is -0.137. The third-order valence-electron chi connectivity index (χ3n) is 2.17. The van der Waals surface area contributed by atoms with Gasteiger partial charge in [-0.3, -0.25) is 0 Å². The van der Waals surface area contributed by atoms with Gasteiger partial charge in [0.1, 0.15) is 11.6 Å². The van der Waals surface area contributed by atoms with Crippen molar-refractivity contribution in [3.63, 3.8) is 0 Å². The molecular weight excluding hydrogens is 241 g/mol. The molecule has 0 atom stereocenters. The Balaban J connectivity index is 2.44. The largest absolute Gasteiger partial charge is 0.417 e. The van der Waals surface area contributed by atoms with E-state index in [1.54, 1.807) is 0 Å². The second-order valence-corrected chi connectivity index (χ2v) is 3.43. The number of hydrogen-bond donors (Lipinski definition) is 0. The van der Waals surface area contributed by atoms with E-state index in [-0.39, 0.29) is 5.69 Å². The molecule has 0 N–H and O–H groups in total. The van der Waals surface area contributed by atoms with Gasteiger partial charge in [0.05, 0.1) is 11.3 Å². The number of hydrogen-bond acceptors (Lipinski definition) is 0. The van der Waals surface area contributed by atoms with E-state index >= 15 is 0 Å². The predicted molar refractivity (Wildman–Crippen MR) is 50.7 cm³/mol. The summed E-state index contributed by atoms with van der Waals surface area (Å²) in [6.07, 6.45) is -2.61. The van der Waals surface area contributed by atoms with Gasteiger partial charge in [-0.25, -0.2) is 8.78 Å². The SMILES string of the molecule is Fc1cc(F)cc(-n2ccc(C(F)(F)F)c2)c1. The number of rotatable bonds is 1. The quantitative estimate of drug-likeness (QED) is 0.676. The minimum Gasteiger partial charge on any atom is -0.323 e. The maximum atomic E-state index is 12.9. The molecule has 0 radical (unpaired) electrons. The first-order valence-electron chi connectivity index (χ1n) is 4.58. The van der Waals surface area contributed by atoms with Crippen LogP contribution in [0.4, 0.5) is 22.0 Å². The molecule has 0 saturated heterocycles. The normalized spacial score (nSPS) is 11.8. The van der Waals surface area contributed by atoms with E-state index in [1.165, 1.54) is 0 Å². The van der Waals surface area contributed by atoms with Crippen LogP contribution in [0.3, 0.4) is 0 Å². The van der Waals surface area contributed by atoms with Gasteiger partial charge in [-0.15, -0.1) is 0 Å². The van der Waals surface area contributed by atoms with Crippen molar-refractivity contribution in [2.75, 3.05) is 0 Å². The lowest BCUT2D eigenvalue weighted by Crippen LogP contribution is -2.03. The van der Waals surface area contributed by atoms with E-state index in [1.807, 2.05) is 0 Å². The van der Waals surface area contributed by atoms with Gasteiger partial charge in [0.2, 0.25) is 0 Å². The van der Waals surface area contributed by atoms with E-state index in [4.69, 9.17) is 0 Å². The molecule has 1 heterocycles. The average molecular weight is 247 g/mol. The summed E-state index contributed by atoms with van der Waals surface area (Å²) in [6, 6.07) is 3.38. The van der Waals surface area contributed by atoms with Crippen LogP contribution in [0, 0.1) is 11.6 Å². The van der Waals surface area contributed by atoms with Crippen molar-refractivity contribution >= 4 is 0 Å². The van der Waals surface area contributed by atoms with Crippen LogP contribution in [0.15, 0.2) is 36.7 Å². The van der Waals surface area contributed by atoms with Gasteiger partial charge in [0.15, 0.2) is 0 Å². The molecular formula is C11H6F5N. The molecule has 1 aromatic carbocycles. The molecule has 2 rings (SSSR count). The predicted octanol–water partition coefficient (Wildman–Crippen LogP) is 3.77. The molecule has 0 aliphatic heterocycles. The van der Waals surface area contributed by atoms with E-state index in [0.29, 0.717) is 6.07 Å². The third kappa shape index (κ3) is 2.46. The van der Waals surface area contributed by atoms with E-state index < -0.39 is 23.4 Å². The Kier molecular flexibility index (Phi) is 2.65. The summed E-state index contributed by atoms with van der Waals surface area (Å²) in [5.74, 6) is -1.69. The van der Waals surface area contributed by atoms with E-state index in [9.17, 15) is 22.0 Å². The highest BCUT2D eigenvalue weighted by molar-refractivity contribution is 5.35. The fourth-order valence-corrected chi connectivity index (χ4v) is 1.41. The maximum absolute atomic E-state index is 12.9. The third-order valence-corrected chi connectivity index (χ3v) is 2.17. The van der Waals surface area contributed by atoms with Crippen LogP contribution in [0.5, 0.6) is 0 Å². The number of aromatic nitrogens is 1. The van der Waals surface area contributed by atoms with Crippen molar-refractivity contribution in [1.82, 2.24) is 4.57 Å². The van der Waals surface area contributed by atoms with Gasteiger partial charge in [0.25, 0.3) is 0 Å². The fraction of sp³-hybridized carbons (Fsp3) is 0.0909. The molecule has 0 unspecified atom stereocenters. The van der Waals surface area contributed by atoms with Gasteiger partial charge in [-0.2, -0.15) is 13.2 Å². The molecule has 0 aliphatic carbocycles. The van der Waals surface area contributed by atoms with Crippen LogP contribution in [0.2, 0.25) is 0 Å². The molecule has 0 spiro atoms. The summed E-state index contributed by atoms with van der Waals surface area (Å²) in [7, 11) is 0. The Bertz CT molecular complexity index is 521. The summed E-state index contributed by atoms with van der Waals surface area (Å²) in [4.78, 5) is 0. The summed E-state index contributed by atoms with van der Waals surface area (Å²) in [6.45, 7) is 0. The Morgan fingerprint density at radius 3 is 2.00 bits per heavy atom. The van der Waals surface area contributed by atoms with Crippen molar-refractivity contribution in [1.29, 1.82) is 0 Å². The Morgan fingerprint density at radius 2 is 1.53 bits per heavy atom. The van der Waals surface area contributed by atoms with Gasteiger partial charge in [-0.1, -0.05) is 0 Å². The summed E-state index contributed by atoms with van der Waals surface area (Å²) >= 11 is 0. The van der Waals surface area contributed by atoms with Crippen molar-refractivity contribution in [3.05, 3.63) is 53.9 Å². The first-order valence-corrected chi connectivity index (χ1v) is 4.58. The molecule has 2 aromatic rings. The zero-order valence-electron chi connectivity index (χ0n) is 8.30. The van der Waals surface area contributed by atoms with E-state index in [0.717, 1.165) is 35.2 Å². The van der Waals surface area contributed by atoms with Crippen molar-refractivity contribution in [2.45, 2.75) is 6.18 Å². The number of halogens is 5. The van der Waals surface area contributed by atoms with E-state index in [2.05, 4.69) is 0 Å². The fourth-order valence-electron chi connectivity index (χ4n) is 1.41. The van der Waals surface area contributed by atoms with Crippen LogP contribution < -0.4 is 0 Å². The first-order chi connectivity index (χ1) is 7.86. The number of nitrogens with zero attached hydrogens (tertiary/aromatic N) is 1. The first kappa shape index (κ1) is 11.6. The molecule has 0 aliphatic rings. The van der Waals surface area contributed by atoms with Crippen molar-refractivity contribution in [3.8, 4) is 5.69 Å². The molecule has 0 fully saturated rings. The maximum Gasteiger partial charge on any atom is 0.417 e. The highest BCUT2D eigenvalue weighted by Gasteiger charge is 2.31. The molecule has 1 nitrogen and oxygen atoms in total. The van der Waals surface area contributed by atoms with Gasteiger partial charge in [-0.05, 0) is 18.2 Å². The highest BCUT2D eigenvalue weighted by Crippen LogP contribution is 2.30. The minimum absolute atomic E-state index is 0.00185. The van der Waals surface area contributed by atoms with Crippen molar-refractivity contribution in [2.24, 2.45) is 0 Å². The monoisotopic (exact) mass is 247 g/mol. The van der Waals surface area contributed by atoms with Gasteiger partial charge in [0, 0.05) is 18.5 Å². The average Bonchev–Trinajstić information content (AvgIpc) is 2.63.